The van der Waals surface area contributed by atoms with Crippen LogP contribution in [0.4, 0.5) is 5.82 Å². The molecular weight excluding hydrogens is 628 g/mol. The van der Waals surface area contributed by atoms with E-state index in [1.807, 2.05) is 39.8 Å². The number of carbonyl (C=O) groups excluding carboxylic acids is 1. The van der Waals surface area contributed by atoms with E-state index >= 15 is 0 Å². The van der Waals surface area contributed by atoms with Crippen LogP contribution >= 0.6 is 11.6 Å². The van der Waals surface area contributed by atoms with Crippen molar-refractivity contribution in [3.8, 4) is 16.9 Å². The number of H-pyrrole nitrogens is 1. The monoisotopic (exact) mass is 658 g/mol. The fourth-order valence-electron chi connectivity index (χ4n) is 6.72. The summed E-state index contributed by atoms with van der Waals surface area (Å²) in [7, 11) is -4.15. The van der Waals surface area contributed by atoms with Crippen LogP contribution in [0.1, 0.15) is 36.6 Å². The van der Waals surface area contributed by atoms with Crippen LogP contribution in [0.5, 0.6) is 0 Å². The number of aromatic nitrogens is 6. The zero-order valence-electron chi connectivity index (χ0n) is 25.7. The molecule has 0 aliphatic carbocycles. The number of anilines is 1. The summed E-state index contributed by atoms with van der Waals surface area (Å²) in [6.45, 7) is 11.9. The number of nitrogens with zero attached hydrogens (tertiary/aromatic N) is 7. The highest BCUT2D eigenvalue weighted by atomic mass is 35.5. The molecule has 6 heterocycles. The first-order valence-electron chi connectivity index (χ1n) is 14.9. The van der Waals surface area contributed by atoms with E-state index in [2.05, 4.69) is 26.7 Å². The Morgan fingerprint density at radius 2 is 1.93 bits per heavy atom. The lowest BCUT2D eigenvalue weighted by Gasteiger charge is -2.40. The van der Waals surface area contributed by atoms with Gasteiger partial charge in [-0.3, -0.25) is 14.9 Å². The molecule has 1 unspecified atom stereocenters. The van der Waals surface area contributed by atoms with Crippen LogP contribution in [-0.4, -0.2) is 80.4 Å². The highest BCUT2D eigenvalue weighted by Gasteiger charge is 2.42. The van der Waals surface area contributed by atoms with Crippen molar-refractivity contribution in [1.29, 1.82) is 0 Å². The van der Waals surface area contributed by atoms with E-state index in [0.29, 0.717) is 28.9 Å². The first-order valence-corrected chi connectivity index (χ1v) is 16.9. The molecule has 0 saturated carbocycles. The van der Waals surface area contributed by atoms with Gasteiger partial charge in [0, 0.05) is 36.8 Å². The van der Waals surface area contributed by atoms with Crippen molar-refractivity contribution in [3.63, 3.8) is 0 Å². The van der Waals surface area contributed by atoms with Crippen molar-refractivity contribution < 1.29 is 13.2 Å². The number of aromatic amines is 1. The zero-order chi connectivity index (χ0) is 32.7. The van der Waals surface area contributed by atoms with Crippen molar-refractivity contribution >= 4 is 55.1 Å². The standard InChI is InChI=1S/C32H31ClN8O4S/c1-6-22(42)39-11-12-40-19(14-39)15-46(44,45)29-24-30(40)37-32(43)41(28-18(5)9-10-34-26(28)16(2)3)31(24)36-27(25(29)33)23-17(4)7-8-21-20(23)13-35-38-21/h6-10,13,16,19H,1,11-12,14-15H2,2-5H3,(H,35,38). The maximum absolute atomic E-state index is 14.5. The van der Waals surface area contributed by atoms with Gasteiger partial charge in [-0.1, -0.05) is 38.1 Å². The van der Waals surface area contributed by atoms with Gasteiger partial charge >= 0.3 is 5.69 Å². The summed E-state index contributed by atoms with van der Waals surface area (Å²) in [4.78, 5) is 44.3. The molecule has 0 spiro atoms. The molecule has 5 aromatic rings. The van der Waals surface area contributed by atoms with Gasteiger partial charge in [0.25, 0.3) is 0 Å². The Morgan fingerprint density at radius 3 is 2.67 bits per heavy atom. The number of nitrogens with one attached hydrogen (secondary N) is 1. The number of amides is 1. The molecule has 7 rings (SSSR count). The fourth-order valence-corrected chi connectivity index (χ4v) is 9.12. The molecule has 2 aliphatic rings. The van der Waals surface area contributed by atoms with Gasteiger partial charge in [0.2, 0.25) is 5.91 Å². The topological polar surface area (TPSA) is 147 Å². The largest absolute Gasteiger partial charge is 0.355 e. The van der Waals surface area contributed by atoms with Crippen LogP contribution in [0.15, 0.2) is 52.9 Å². The number of rotatable bonds is 4. The third-order valence-corrected chi connectivity index (χ3v) is 11.2. The molecule has 14 heteroatoms. The molecule has 2 aliphatic heterocycles. The number of hydrogen-bond donors (Lipinski definition) is 1. The maximum Gasteiger partial charge on any atom is 0.355 e. The third kappa shape index (κ3) is 4.43. The molecule has 1 amide bonds. The Kier molecular flexibility index (Phi) is 7.01. The average molecular weight is 659 g/mol. The maximum atomic E-state index is 14.5. The molecule has 0 radical (unpaired) electrons. The minimum absolute atomic E-state index is 0.0663. The zero-order valence-corrected chi connectivity index (χ0v) is 27.3. The molecule has 12 nitrogen and oxygen atoms in total. The van der Waals surface area contributed by atoms with E-state index in [-0.39, 0.29) is 63.1 Å². The second kappa shape index (κ2) is 10.7. The van der Waals surface area contributed by atoms with Crippen molar-refractivity contribution in [2.24, 2.45) is 0 Å². The number of carbonyl (C=O) groups is 1. The number of pyridine rings is 2. The summed E-state index contributed by atoms with van der Waals surface area (Å²) in [6.07, 6.45) is 4.53. The van der Waals surface area contributed by atoms with Gasteiger partial charge in [0.1, 0.15) is 10.7 Å². The van der Waals surface area contributed by atoms with Crippen molar-refractivity contribution in [1.82, 2.24) is 34.6 Å². The summed E-state index contributed by atoms with van der Waals surface area (Å²) in [6, 6.07) is 4.86. The van der Waals surface area contributed by atoms with Crippen LogP contribution < -0.4 is 10.6 Å². The van der Waals surface area contributed by atoms with Crippen LogP contribution in [0.25, 0.3) is 38.9 Å². The van der Waals surface area contributed by atoms with Crippen molar-refractivity contribution in [2.45, 2.75) is 44.6 Å². The smallest absolute Gasteiger partial charge is 0.348 e. The number of fused-ring (bicyclic) bond motifs is 3. The Morgan fingerprint density at radius 1 is 1.15 bits per heavy atom. The normalized spacial score (nSPS) is 17.4. The minimum Gasteiger partial charge on any atom is -0.348 e. The predicted octanol–water partition coefficient (Wildman–Crippen LogP) is 4.10. The van der Waals surface area contributed by atoms with Gasteiger partial charge in [-0.05, 0) is 49.1 Å². The van der Waals surface area contributed by atoms with E-state index in [4.69, 9.17) is 16.6 Å². The molecule has 1 saturated heterocycles. The van der Waals surface area contributed by atoms with Gasteiger partial charge in [0.15, 0.2) is 15.5 Å². The van der Waals surface area contributed by atoms with E-state index in [0.717, 1.165) is 16.6 Å². The summed E-state index contributed by atoms with van der Waals surface area (Å²) < 4.78 is 30.5. The van der Waals surface area contributed by atoms with E-state index < -0.39 is 21.6 Å². The number of piperazine rings is 1. The van der Waals surface area contributed by atoms with Crippen molar-refractivity contribution in [2.75, 3.05) is 30.3 Å². The highest BCUT2D eigenvalue weighted by Crippen LogP contribution is 2.45. The third-order valence-electron chi connectivity index (χ3n) is 8.86. The van der Waals surface area contributed by atoms with Gasteiger partial charge in [0.05, 0.1) is 51.0 Å². The Balaban J connectivity index is 1.65. The Bertz CT molecular complexity index is 2300. The first-order chi connectivity index (χ1) is 21.9. The molecule has 0 bridgehead atoms. The predicted molar refractivity (Wildman–Crippen MR) is 177 cm³/mol. The molecule has 236 valence electrons. The number of sulfone groups is 1. The van der Waals surface area contributed by atoms with Gasteiger partial charge < -0.3 is 9.80 Å². The second-order valence-corrected chi connectivity index (χ2v) is 14.4. The number of halogens is 1. The Hall–Kier alpha value is -4.62. The van der Waals surface area contributed by atoms with Crippen molar-refractivity contribution in [3.05, 3.63) is 75.6 Å². The summed E-state index contributed by atoms with van der Waals surface area (Å²) >= 11 is 7.18. The van der Waals surface area contributed by atoms with Gasteiger partial charge in [-0.15, -0.1) is 0 Å². The highest BCUT2D eigenvalue weighted by molar-refractivity contribution is 7.91. The fraction of sp³-hybridized carbons (Fsp3) is 0.312. The minimum atomic E-state index is -4.15. The van der Waals surface area contributed by atoms with E-state index in [1.54, 1.807) is 28.3 Å². The average Bonchev–Trinajstić information content (AvgIpc) is 3.46. The summed E-state index contributed by atoms with van der Waals surface area (Å²) in [5.74, 6) is -0.556. The van der Waals surface area contributed by atoms with Crippen LogP contribution in [-0.2, 0) is 14.6 Å². The Labute approximate surface area is 269 Å². The van der Waals surface area contributed by atoms with Gasteiger partial charge in [-0.2, -0.15) is 10.1 Å². The lowest BCUT2D eigenvalue weighted by molar-refractivity contribution is -0.126. The van der Waals surface area contributed by atoms with Crippen LogP contribution in [0, 0.1) is 13.8 Å². The molecule has 46 heavy (non-hydrogen) atoms. The summed E-state index contributed by atoms with van der Waals surface area (Å²) in [5, 5.41) is 7.95. The molecule has 1 aromatic carbocycles. The van der Waals surface area contributed by atoms with E-state index in [1.165, 1.54) is 10.6 Å². The molecule has 1 atom stereocenters. The lowest BCUT2D eigenvalue weighted by atomic mass is 10.00. The molecule has 1 fully saturated rings. The number of benzene rings is 1. The first kappa shape index (κ1) is 30.1. The summed E-state index contributed by atoms with van der Waals surface area (Å²) in [5.41, 5.74) is 3.66. The van der Waals surface area contributed by atoms with Crippen LogP contribution in [0.2, 0.25) is 5.02 Å². The second-order valence-electron chi connectivity index (χ2n) is 12.1. The van der Waals surface area contributed by atoms with Gasteiger partial charge in [-0.25, -0.2) is 22.8 Å². The number of aryl methyl sites for hydroxylation is 2. The van der Waals surface area contributed by atoms with Crippen LogP contribution in [0.3, 0.4) is 0 Å². The number of hydrogen-bond acceptors (Lipinski definition) is 9. The lowest BCUT2D eigenvalue weighted by Crippen LogP contribution is -2.57. The molecule has 1 N–H and O–H groups in total. The molecular formula is C32H31ClN8O4S. The van der Waals surface area contributed by atoms with E-state index in [9.17, 15) is 18.0 Å². The SMILES string of the molecule is C=CC(=O)N1CCN2c3nc(=O)n(-c4c(C)ccnc4C(C)C)c4nc(-c5c(C)ccc6[nH]ncc56)c(Cl)c(c34)S(=O)(=O)CC2C1. The quantitative estimate of drug-likeness (QED) is 0.282. The molecule has 4 aromatic heterocycles.